The average molecular weight is 222 g/mol. The van der Waals surface area contributed by atoms with Crippen LogP contribution in [0.1, 0.15) is 43.9 Å². The molecular formula is C12H22N4. The Labute approximate surface area is 97.4 Å². The maximum Gasteiger partial charge on any atom is 0.128 e. The largest absolute Gasteiger partial charge is 0.383 e. The summed E-state index contributed by atoms with van der Waals surface area (Å²) in [5.74, 6) is 6.81. The Kier molecular flexibility index (Phi) is 4.71. The summed E-state index contributed by atoms with van der Waals surface area (Å²) >= 11 is 0. The van der Waals surface area contributed by atoms with Gasteiger partial charge in [-0.2, -0.15) is 0 Å². The van der Waals surface area contributed by atoms with Crippen molar-refractivity contribution >= 4 is 5.82 Å². The van der Waals surface area contributed by atoms with Crippen LogP contribution in [0.15, 0.2) is 12.3 Å². The van der Waals surface area contributed by atoms with Gasteiger partial charge >= 0.3 is 0 Å². The molecule has 0 saturated carbocycles. The predicted molar refractivity (Wildman–Crippen MR) is 67.5 cm³/mol. The highest BCUT2D eigenvalue weighted by Gasteiger charge is 2.14. The van der Waals surface area contributed by atoms with Crippen LogP contribution in [-0.4, -0.2) is 4.98 Å². The SMILES string of the molecule is Cc1cnc(N)c(C(CCC(C)C)NN)c1. The van der Waals surface area contributed by atoms with Gasteiger partial charge in [0.15, 0.2) is 0 Å². The summed E-state index contributed by atoms with van der Waals surface area (Å²) in [6.07, 6.45) is 3.86. The number of nitrogens with two attached hydrogens (primary N) is 2. The topological polar surface area (TPSA) is 77.0 Å². The van der Waals surface area contributed by atoms with Crippen LogP contribution in [0.25, 0.3) is 0 Å². The first kappa shape index (κ1) is 12.9. The maximum atomic E-state index is 5.87. The molecule has 1 heterocycles. The molecule has 0 spiro atoms. The molecule has 90 valence electrons. The van der Waals surface area contributed by atoms with E-state index < -0.39 is 0 Å². The van der Waals surface area contributed by atoms with E-state index in [1.807, 2.05) is 13.0 Å². The lowest BCUT2D eigenvalue weighted by atomic mass is 9.98. The smallest absolute Gasteiger partial charge is 0.128 e. The fourth-order valence-corrected chi connectivity index (χ4v) is 1.71. The number of pyridine rings is 1. The molecule has 0 saturated heterocycles. The molecular weight excluding hydrogens is 200 g/mol. The van der Waals surface area contributed by atoms with Crippen molar-refractivity contribution in [3.8, 4) is 0 Å². The van der Waals surface area contributed by atoms with Crippen LogP contribution >= 0.6 is 0 Å². The van der Waals surface area contributed by atoms with Crippen LogP contribution < -0.4 is 17.0 Å². The van der Waals surface area contributed by atoms with Crippen LogP contribution in [0, 0.1) is 12.8 Å². The number of aromatic nitrogens is 1. The molecule has 16 heavy (non-hydrogen) atoms. The molecule has 0 radical (unpaired) electrons. The minimum absolute atomic E-state index is 0.0924. The molecule has 0 aliphatic heterocycles. The van der Waals surface area contributed by atoms with Gasteiger partial charge in [0.1, 0.15) is 5.82 Å². The standard InChI is InChI=1S/C12H22N4/c1-8(2)4-5-11(16-14)10-6-9(3)7-15-12(10)13/h6-8,11,16H,4-5,14H2,1-3H3,(H2,13,15). The van der Waals surface area contributed by atoms with Crippen molar-refractivity contribution in [2.24, 2.45) is 11.8 Å². The Morgan fingerprint density at radius 1 is 1.38 bits per heavy atom. The molecule has 1 aromatic rings. The third kappa shape index (κ3) is 3.47. The van der Waals surface area contributed by atoms with E-state index in [-0.39, 0.29) is 6.04 Å². The Balaban J connectivity index is 2.81. The first-order valence-electron chi connectivity index (χ1n) is 5.72. The van der Waals surface area contributed by atoms with E-state index in [0.717, 1.165) is 24.0 Å². The zero-order valence-electron chi connectivity index (χ0n) is 10.3. The second-order valence-corrected chi connectivity index (χ2v) is 4.68. The Hall–Kier alpha value is -1.13. The van der Waals surface area contributed by atoms with E-state index in [0.29, 0.717) is 11.7 Å². The molecule has 1 unspecified atom stereocenters. The van der Waals surface area contributed by atoms with Crippen molar-refractivity contribution in [2.45, 2.75) is 39.7 Å². The van der Waals surface area contributed by atoms with Gasteiger partial charge in [-0.3, -0.25) is 11.3 Å². The molecule has 5 N–H and O–H groups in total. The van der Waals surface area contributed by atoms with Gasteiger partial charge in [0.05, 0.1) is 0 Å². The van der Waals surface area contributed by atoms with Crippen molar-refractivity contribution in [3.05, 3.63) is 23.4 Å². The number of hydrazine groups is 1. The normalized spacial score (nSPS) is 13.1. The van der Waals surface area contributed by atoms with Crippen molar-refractivity contribution in [3.63, 3.8) is 0 Å². The summed E-state index contributed by atoms with van der Waals surface area (Å²) in [5, 5.41) is 0. The van der Waals surface area contributed by atoms with Gasteiger partial charge in [-0.05, 0) is 37.3 Å². The molecule has 1 aromatic heterocycles. The van der Waals surface area contributed by atoms with E-state index in [4.69, 9.17) is 11.6 Å². The summed E-state index contributed by atoms with van der Waals surface area (Å²) in [5.41, 5.74) is 10.8. The predicted octanol–water partition coefficient (Wildman–Crippen LogP) is 1.91. The van der Waals surface area contributed by atoms with Crippen LogP contribution in [0.5, 0.6) is 0 Å². The molecule has 4 nitrogen and oxygen atoms in total. The van der Waals surface area contributed by atoms with Gasteiger partial charge in [0.25, 0.3) is 0 Å². The Morgan fingerprint density at radius 2 is 2.06 bits per heavy atom. The number of rotatable bonds is 5. The van der Waals surface area contributed by atoms with E-state index in [1.165, 1.54) is 0 Å². The minimum Gasteiger partial charge on any atom is -0.383 e. The van der Waals surface area contributed by atoms with Crippen molar-refractivity contribution in [1.82, 2.24) is 10.4 Å². The summed E-state index contributed by atoms with van der Waals surface area (Å²) in [4.78, 5) is 4.16. The third-order valence-electron chi connectivity index (χ3n) is 2.70. The number of nitrogens with one attached hydrogen (secondary N) is 1. The maximum absolute atomic E-state index is 5.87. The molecule has 0 fully saturated rings. The zero-order chi connectivity index (χ0) is 12.1. The quantitative estimate of drug-likeness (QED) is 0.525. The monoisotopic (exact) mass is 222 g/mol. The molecule has 0 bridgehead atoms. The van der Waals surface area contributed by atoms with Gasteiger partial charge in [-0.25, -0.2) is 4.98 Å². The molecule has 0 aromatic carbocycles. The minimum atomic E-state index is 0.0924. The van der Waals surface area contributed by atoms with Crippen molar-refractivity contribution in [1.29, 1.82) is 0 Å². The first-order chi connectivity index (χ1) is 7.54. The summed E-state index contributed by atoms with van der Waals surface area (Å²) in [6, 6.07) is 2.14. The van der Waals surface area contributed by atoms with Crippen LogP contribution in [-0.2, 0) is 0 Å². The van der Waals surface area contributed by atoms with Crippen LogP contribution in [0.2, 0.25) is 0 Å². The fourth-order valence-electron chi connectivity index (χ4n) is 1.71. The highest BCUT2D eigenvalue weighted by molar-refractivity contribution is 5.42. The van der Waals surface area contributed by atoms with E-state index in [9.17, 15) is 0 Å². The fraction of sp³-hybridized carbons (Fsp3) is 0.583. The lowest BCUT2D eigenvalue weighted by molar-refractivity contribution is 0.448. The second kappa shape index (κ2) is 5.82. The molecule has 1 atom stereocenters. The number of hydrogen-bond acceptors (Lipinski definition) is 4. The molecule has 1 rings (SSSR count). The molecule has 0 amide bonds. The summed E-state index contributed by atoms with van der Waals surface area (Å²) in [6.45, 7) is 6.41. The van der Waals surface area contributed by atoms with Gasteiger partial charge in [-0.15, -0.1) is 0 Å². The van der Waals surface area contributed by atoms with Gasteiger partial charge in [0.2, 0.25) is 0 Å². The lowest BCUT2D eigenvalue weighted by Crippen LogP contribution is -2.29. The number of nitrogen functional groups attached to an aromatic ring is 1. The lowest BCUT2D eigenvalue weighted by Gasteiger charge is -2.19. The highest BCUT2D eigenvalue weighted by atomic mass is 15.2. The zero-order valence-corrected chi connectivity index (χ0v) is 10.3. The Bertz CT molecular complexity index is 336. The molecule has 4 heteroatoms. The van der Waals surface area contributed by atoms with Gasteiger partial charge in [-0.1, -0.05) is 13.8 Å². The van der Waals surface area contributed by atoms with Gasteiger partial charge in [0, 0.05) is 17.8 Å². The Morgan fingerprint density at radius 3 is 2.62 bits per heavy atom. The first-order valence-corrected chi connectivity index (χ1v) is 5.72. The molecule has 0 aliphatic carbocycles. The van der Waals surface area contributed by atoms with E-state index in [2.05, 4.69) is 24.3 Å². The van der Waals surface area contributed by atoms with Crippen LogP contribution in [0.3, 0.4) is 0 Å². The van der Waals surface area contributed by atoms with E-state index >= 15 is 0 Å². The van der Waals surface area contributed by atoms with Crippen LogP contribution in [0.4, 0.5) is 5.82 Å². The second-order valence-electron chi connectivity index (χ2n) is 4.68. The average Bonchev–Trinajstić information content (AvgIpc) is 2.23. The summed E-state index contributed by atoms with van der Waals surface area (Å²) in [7, 11) is 0. The van der Waals surface area contributed by atoms with Crippen molar-refractivity contribution < 1.29 is 0 Å². The highest BCUT2D eigenvalue weighted by Crippen LogP contribution is 2.24. The number of hydrogen-bond donors (Lipinski definition) is 3. The third-order valence-corrected chi connectivity index (χ3v) is 2.70. The number of nitrogens with zero attached hydrogens (tertiary/aromatic N) is 1. The van der Waals surface area contributed by atoms with Gasteiger partial charge < -0.3 is 5.73 Å². The van der Waals surface area contributed by atoms with E-state index in [1.54, 1.807) is 6.20 Å². The number of anilines is 1. The summed E-state index contributed by atoms with van der Waals surface area (Å²) < 4.78 is 0. The number of aryl methyl sites for hydroxylation is 1. The molecule has 0 aliphatic rings. The van der Waals surface area contributed by atoms with Crippen molar-refractivity contribution in [2.75, 3.05) is 5.73 Å².